The number of morpholine rings is 1. The summed E-state index contributed by atoms with van der Waals surface area (Å²) in [5.74, 6) is 0.603. The fourth-order valence-electron chi connectivity index (χ4n) is 2.58. The highest BCUT2D eigenvalue weighted by Gasteiger charge is 2.09. The molecule has 1 fully saturated rings. The third-order valence-corrected chi connectivity index (χ3v) is 4.05. The molecule has 5 nitrogen and oxygen atoms in total. The van der Waals surface area contributed by atoms with Crippen molar-refractivity contribution in [2.24, 2.45) is 4.99 Å². The molecule has 2 N–H and O–H groups in total. The standard InChI is InChI=1S/C18H29FN4O.HI/c1-3-20-18(21-7-4-8-23-9-11-24-12-10-23)22-14-16-6-5-15(2)17(19)13-16;/h5-6,13H,3-4,7-12,14H2,1-2H3,(H2,20,21,22);1H. The summed E-state index contributed by atoms with van der Waals surface area (Å²) in [5.41, 5.74) is 1.54. The predicted octanol–water partition coefficient (Wildman–Crippen LogP) is 2.53. The van der Waals surface area contributed by atoms with E-state index in [0.29, 0.717) is 12.1 Å². The largest absolute Gasteiger partial charge is 0.379 e. The van der Waals surface area contributed by atoms with Gasteiger partial charge in [0.05, 0.1) is 19.8 Å². The van der Waals surface area contributed by atoms with Gasteiger partial charge >= 0.3 is 0 Å². The van der Waals surface area contributed by atoms with Gasteiger partial charge in [-0.25, -0.2) is 9.38 Å². The van der Waals surface area contributed by atoms with Crippen LogP contribution in [-0.2, 0) is 11.3 Å². The second-order valence-electron chi connectivity index (χ2n) is 6.01. The number of nitrogens with zero attached hydrogens (tertiary/aromatic N) is 2. The van der Waals surface area contributed by atoms with Crippen molar-refractivity contribution >= 4 is 29.9 Å². The van der Waals surface area contributed by atoms with E-state index in [2.05, 4.69) is 20.5 Å². The third-order valence-electron chi connectivity index (χ3n) is 4.05. The molecule has 2 rings (SSSR count). The van der Waals surface area contributed by atoms with Crippen LogP contribution in [0.3, 0.4) is 0 Å². The maximum absolute atomic E-state index is 13.6. The lowest BCUT2D eigenvalue weighted by atomic mass is 10.1. The first kappa shape index (κ1) is 22.1. The van der Waals surface area contributed by atoms with Gasteiger partial charge in [0.2, 0.25) is 0 Å². The molecule has 0 spiro atoms. The quantitative estimate of drug-likeness (QED) is 0.282. The monoisotopic (exact) mass is 464 g/mol. The Morgan fingerprint density at radius 3 is 2.72 bits per heavy atom. The summed E-state index contributed by atoms with van der Waals surface area (Å²) < 4.78 is 18.9. The lowest BCUT2D eigenvalue weighted by Gasteiger charge is -2.26. The van der Waals surface area contributed by atoms with Gasteiger partial charge in [0.15, 0.2) is 5.96 Å². The van der Waals surface area contributed by atoms with Crippen LogP contribution in [0.2, 0.25) is 0 Å². The van der Waals surface area contributed by atoms with E-state index in [9.17, 15) is 4.39 Å². The highest BCUT2D eigenvalue weighted by atomic mass is 127. The van der Waals surface area contributed by atoms with Crippen LogP contribution in [0.4, 0.5) is 4.39 Å². The number of benzene rings is 1. The van der Waals surface area contributed by atoms with E-state index in [1.807, 2.05) is 13.0 Å². The summed E-state index contributed by atoms with van der Waals surface area (Å²) in [4.78, 5) is 6.95. The normalized spacial score (nSPS) is 15.6. The van der Waals surface area contributed by atoms with Gasteiger partial charge in [-0.2, -0.15) is 0 Å². The molecule has 0 unspecified atom stereocenters. The van der Waals surface area contributed by atoms with E-state index in [-0.39, 0.29) is 29.8 Å². The van der Waals surface area contributed by atoms with Crippen LogP contribution in [0.25, 0.3) is 0 Å². The number of hydrogen-bond acceptors (Lipinski definition) is 3. The molecule has 0 amide bonds. The first-order valence-corrected chi connectivity index (χ1v) is 8.76. The lowest BCUT2D eigenvalue weighted by molar-refractivity contribution is 0.0376. The second kappa shape index (κ2) is 12.4. The zero-order valence-electron chi connectivity index (χ0n) is 15.2. The smallest absolute Gasteiger partial charge is 0.191 e. The molecule has 1 aliphatic heterocycles. The van der Waals surface area contributed by atoms with Crippen LogP contribution >= 0.6 is 24.0 Å². The van der Waals surface area contributed by atoms with E-state index in [4.69, 9.17) is 4.74 Å². The zero-order chi connectivity index (χ0) is 17.2. The molecule has 0 saturated carbocycles. The van der Waals surface area contributed by atoms with Crippen molar-refractivity contribution in [2.45, 2.75) is 26.8 Å². The van der Waals surface area contributed by atoms with Crippen LogP contribution in [0.1, 0.15) is 24.5 Å². The van der Waals surface area contributed by atoms with Gasteiger partial charge in [0.25, 0.3) is 0 Å². The van der Waals surface area contributed by atoms with E-state index in [1.165, 1.54) is 0 Å². The summed E-state index contributed by atoms with van der Waals surface area (Å²) >= 11 is 0. The van der Waals surface area contributed by atoms with Gasteiger partial charge < -0.3 is 15.4 Å². The van der Waals surface area contributed by atoms with Crippen molar-refractivity contribution in [1.29, 1.82) is 0 Å². The van der Waals surface area contributed by atoms with Crippen LogP contribution in [-0.4, -0.2) is 56.8 Å². The van der Waals surface area contributed by atoms with E-state index < -0.39 is 0 Å². The van der Waals surface area contributed by atoms with Gasteiger partial charge in [-0.05, 0) is 44.0 Å². The Balaban J connectivity index is 0.00000312. The zero-order valence-corrected chi connectivity index (χ0v) is 17.5. The predicted molar refractivity (Wildman–Crippen MR) is 111 cm³/mol. The summed E-state index contributed by atoms with van der Waals surface area (Å²) in [7, 11) is 0. The van der Waals surface area contributed by atoms with E-state index in [0.717, 1.165) is 63.9 Å². The van der Waals surface area contributed by atoms with Crippen molar-refractivity contribution in [3.05, 3.63) is 35.1 Å². The number of aryl methyl sites for hydroxylation is 1. The Morgan fingerprint density at radius 1 is 1.28 bits per heavy atom. The van der Waals surface area contributed by atoms with E-state index in [1.54, 1.807) is 19.1 Å². The Kier molecular flexibility index (Phi) is 11.0. The Labute approximate surface area is 167 Å². The molecule has 25 heavy (non-hydrogen) atoms. The highest BCUT2D eigenvalue weighted by molar-refractivity contribution is 14.0. The number of rotatable bonds is 7. The molecule has 1 saturated heterocycles. The maximum atomic E-state index is 13.6. The SMILES string of the molecule is CCNC(=NCc1ccc(C)c(F)c1)NCCCN1CCOCC1.I. The molecular weight excluding hydrogens is 434 g/mol. The average Bonchev–Trinajstić information content (AvgIpc) is 2.60. The Hall–Kier alpha value is -0.930. The van der Waals surface area contributed by atoms with Crippen LogP contribution in [0.15, 0.2) is 23.2 Å². The second-order valence-corrected chi connectivity index (χ2v) is 6.01. The molecule has 0 aromatic heterocycles. The molecule has 7 heteroatoms. The number of halogens is 2. The molecule has 0 aliphatic carbocycles. The summed E-state index contributed by atoms with van der Waals surface area (Å²) in [6.45, 7) is 10.7. The van der Waals surface area contributed by atoms with Gasteiger partial charge in [-0.3, -0.25) is 4.90 Å². The molecule has 0 bridgehead atoms. The third kappa shape index (κ3) is 8.33. The van der Waals surface area contributed by atoms with Crippen molar-refractivity contribution in [1.82, 2.24) is 15.5 Å². The average molecular weight is 464 g/mol. The van der Waals surface area contributed by atoms with Gasteiger partial charge in [-0.1, -0.05) is 12.1 Å². The van der Waals surface area contributed by atoms with Crippen molar-refractivity contribution in [2.75, 3.05) is 45.9 Å². The number of aliphatic imine (C=N–C) groups is 1. The number of hydrogen-bond donors (Lipinski definition) is 2. The molecule has 1 aromatic rings. The molecule has 1 heterocycles. The molecular formula is C18H30FIN4O. The van der Waals surface area contributed by atoms with Crippen molar-refractivity contribution in [3.8, 4) is 0 Å². The fourth-order valence-corrected chi connectivity index (χ4v) is 2.58. The summed E-state index contributed by atoms with van der Waals surface area (Å²) in [6, 6.07) is 5.27. The van der Waals surface area contributed by atoms with Crippen LogP contribution in [0.5, 0.6) is 0 Å². The maximum Gasteiger partial charge on any atom is 0.191 e. The molecule has 1 aromatic carbocycles. The van der Waals surface area contributed by atoms with Crippen molar-refractivity contribution in [3.63, 3.8) is 0 Å². The molecule has 142 valence electrons. The Morgan fingerprint density at radius 2 is 2.04 bits per heavy atom. The minimum absolute atomic E-state index is 0. The summed E-state index contributed by atoms with van der Waals surface area (Å²) in [5, 5.41) is 6.57. The first-order chi connectivity index (χ1) is 11.7. The van der Waals surface area contributed by atoms with Crippen LogP contribution < -0.4 is 10.6 Å². The van der Waals surface area contributed by atoms with Gasteiger partial charge in [0, 0.05) is 26.2 Å². The Bertz CT molecular complexity index is 536. The van der Waals surface area contributed by atoms with Crippen LogP contribution in [0, 0.1) is 12.7 Å². The molecule has 0 radical (unpaired) electrons. The molecule has 0 atom stereocenters. The van der Waals surface area contributed by atoms with E-state index >= 15 is 0 Å². The number of ether oxygens (including phenoxy) is 1. The fraction of sp³-hybridized carbons (Fsp3) is 0.611. The first-order valence-electron chi connectivity index (χ1n) is 8.76. The summed E-state index contributed by atoms with van der Waals surface area (Å²) in [6.07, 6.45) is 1.06. The highest BCUT2D eigenvalue weighted by Crippen LogP contribution is 2.09. The van der Waals surface area contributed by atoms with Gasteiger partial charge in [-0.15, -0.1) is 24.0 Å². The van der Waals surface area contributed by atoms with Gasteiger partial charge in [0.1, 0.15) is 5.82 Å². The van der Waals surface area contributed by atoms with Crippen molar-refractivity contribution < 1.29 is 9.13 Å². The minimum Gasteiger partial charge on any atom is -0.379 e. The number of guanidine groups is 1. The lowest BCUT2D eigenvalue weighted by Crippen LogP contribution is -2.40. The minimum atomic E-state index is -0.175. The molecule has 1 aliphatic rings. The number of nitrogens with one attached hydrogen (secondary N) is 2. The topological polar surface area (TPSA) is 48.9 Å².